The Morgan fingerprint density at radius 3 is 2.77 bits per heavy atom. The summed E-state index contributed by atoms with van der Waals surface area (Å²) < 4.78 is 0. The molecule has 2 atom stereocenters. The molecular formula is C26H37N5. The third-order valence-electron chi connectivity index (χ3n) is 5.92. The molecule has 0 amide bonds. The van der Waals surface area contributed by atoms with Gasteiger partial charge < -0.3 is 16.0 Å². The zero-order valence-electron chi connectivity index (χ0n) is 19.4. The fraction of sp³-hybridized carbons (Fsp3) is 0.462. The Balaban J connectivity index is 0.00000289. The molecule has 2 aromatic rings. The van der Waals surface area contributed by atoms with Crippen LogP contribution in [0.3, 0.4) is 0 Å². The molecule has 166 valence electrons. The number of pyridine rings is 1. The first-order valence-corrected chi connectivity index (χ1v) is 11.6. The van der Waals surface area contributed by atoms with Crippen molar-refractivity contribution in [1.82, 2.24) is 10.3 Å². The van der Waals surface area contributed by atoms with Crippen LogP contribution in [0, 0.1) is 5.92 Å². The van der Waals surface area contributed by atoms with Crippen molar-refractivity contribution < 1.29 is 1.43 Å². The largest absolute Gasteiger partial charge is 0.363 e. The van der Waals surface area contributed by atoms with E-state index in [4.69, 9.17) is 4.98 Å². The van der Waals surface area contributed by atoms with Crippen LogP contribution in [-0.4, -0.2) is 29.1 Å². The topological polar surface area (TPSA) is 61.3 Å². The average molecular weight is 420 g/mol. The number of aromatic nitrogens is 1. The molecular weight excluding hydrogens is 382 g/mol. The van der Waals surface area contributed by atoms with Crippen LogP contribution >= 0.6 is 0 Å². The van der Waals surface area contributed by atoms with Crippen LogP contribution < -0.4 is 16.0 Å². The van der Waals surface area contributed by atoms with Crippen LogP contribution in [0.2, 0.25) is 0 Å². The number of nitrogens with zero attached hydrogens (tertiary/aromatic N) is 2. The number of hydrogen-bond acceptors (Lipinski definition) is 3. The quantitative estimate of drug-likeness (QED) is 0.403. The Hall–Kier alpha value is -2.82. The zero-order chi connectivity index (χ0) is 22.0. The lowest BCUT2D eigenvalue weighted by atomic mass is 9.89. The van der Waals surface area contributed by atoms with Crippen LogP contribution in [0.1, 0.15) is 55.3 Å². The number of fused-ring (bicyclic) bond motifs is 1. The van der Waals surface area contributed by atoms with Crippen LogP contribution in [-0.2, 0) is 0 Å². The highest BCUT2D eigenvalue weighted by Crippen LogP contribution is 2.38. The van der Waals surface area contributed by atoms with E-state index < -0.39 is 0 Å². The molecule has 0 fully saturated rings. The van der Waals surface area contributed by atoms with Gasteiger partial charge in [-0.15, -0.1) is 0 Å². The third kappa shape index (κ3) is 5.09. The van der Waals surface area contributed by atoms with Crippen molar-refractivity contribution in [3.05, 3.63) is 53.6 Å². The maximum atomic E-state index is 4.88. The first kappa shape index (κ1) is 21.4. The number of hydrogen-bond donors (Lipinski definition) is 3. The van der Waals surface area contributed by atoms with Crippen LogP contribution in [0.15, 0.2) is 58.6 Å². The van der Waals surface area contributed by atoms with Gasteiger partial charge in [-0.2, -0.15) is 0 Å². The molecule has 5 nitrogen and oxygen atoms in total. The number of nitrogens with one attached hydrogen (secondary N) is 3. The molecule has 1 aromatic heterocycles. The van der Waals surface area contributed by atoms with E-state index in [2.05, 4.69) is 98.0 Å². The van der Waals surface area contributed by atoms with E-state index in [1.807, 2.05) is 0 Å². The Bertz CT molecular complexity index is 1040. The third-order valence-corrected chi connectivity index (χ3v) is 5.92. The fourth-order valence-corrected chi connectivity index (χ4v) is 4.51. The average Bonchev–Trinajstić information content (AvgIpc) is 3.11. The van der Waals surface area contributed by atoms with Crippen LogP contribution in [0.4, 0.5) is 11.5 Å². The molecule has 2 aliphatic carbocycles. The van der Waals surface area contributed by atoms with E-state index in [0.29, 0.717) is 18.0 Å². The standard InChI is InChI=1S/C26H35N5.H2/c1-16(2)27-26(28-17(3)4)29-20-10-12-23-19(15-20)9-14-25(30-23)31-24-13-11-21-18(5)7-6-8-22(21)24;/h6,8-10,12,14-18,24H,7,11,13H2,1-5H3,(H,30,31)(H2,27,28,29);1H/t18?,24-;/m1./s1. The van der Waals surface area contributed by atoms with Gasteiger partial charge in [0.15, 0.2) is 5.96 Å². The normalized spacial score (nSPS) is 21.2. The van der Waals surface area contributed by atoms with Crippen molar-refractivity contribution in [3.8, 4) is 0 Å². The van der Waals surface area contributed by atoms with E-state index in [1.165, 1.54) is 18.4 Å². The van der Waals surface area contributed by atoms with Gasteiger partial charge >= 0.3 is 0 Å². The Morgan fingerprint density at radius 1 is 1.16 bits per heavy atom. The van der Waals surface area contributed by atoms with Gasteiger partial charge in [0, 0.05) is 24.6 Å². The van der Waals surface area contributed by atoms with E-state index in [1.54, 1.807) is 5.57 Å². The summed E-state index contributed by atoms with van der Waals surface area (Å²) in [5.74, 6) is 2.43. The molecule has 1 unspecified atom stereocenters. The molecule has 0 radical (unpaired) electrons. The maximum absolute atomic E-state index is 4.88. The van der Waals surface area contributed by atoms with Crippen LogP contribution in [0.25, 0.3) is 10.9 Å². The summed E-state index contributed by atoms with van der Waals surface area (Å²) >= 11 is 0. The number of rotatable bonds is 5. The second-order valence-corrected chi connectivity index (χ2v) is 9.35. The van der Waals surface area contributed by atoms with Gasteiger partial charge in [0.25, 0.3) is 0 Å². The van der Waals surface area contributed by atoms with Gasteiger partial charge in [0.1, 0.15) is 5.82 Å². The monoisotopic (exact) mass is 419 g/mol. The van der Waals surface area contributed by atoms with Gasteiger partial charge in [-0.3, -0.25) is 4.99 Å². The van der Waals surface area contributed by atoms with Crippen LogP contribution in [0.5, 0.6) is 0 Å². The van der Waals surface area contributed by atoms with Gasteiger partial charge in [-0.1, -0.05) is 24.6 Å². The lowest BCUT2D eigenvalue weighted by molar-refractivity contribution is 0.658. The lowest BCUT2D eigenvalue weighted by Gasteiger charge is -2.20. The molecule has 5 heteroatoms. The SMILES string of the molecule is CC(C)N=C(Nc1ccc2nc(N[C@@H]3CCC4=C3C=CCC4C)ccc2c1)NC(C)C.[HH]. The van der Waals surface area contributed by atoms with Crippen molar-refractivity contribution in [2.45, 2.75) is 72.0 Å². The molecule has 0 saturated carbocycles. The van der Waals surface area contributed by atoms with Crippen molar-refractivity contribution in [3.63, 3.8) is 0 Å². The number of anilines is 2. The number of benzene rings is 1. The van der Waals surface area contributed by atoms with Gasteiger partial charge in [0.05, 0.1) is 11.6 Å². The summed E-state index contributed by atoms with van der Waals surface area (Å²) in [5.41, 5.74) is 5.11. The van der Waals surface area contributed by atoms with Gasteiger partial charge in [0.2, 0.25) is 0 Å². The molecule has 4 rings (SSSR count). The van der Waals surface area contributed by atoms with E-state index in [0.717, 1.165) is 34.8 Å². The highest BCUT2D eigenvalue weighted by Gasteiger charge is 2.28. The minimum atomic E-state index is 0. The molecule has 1 heterocycles. The second kappa shape index (κ2) is 9.13. The fourth-order valence-electron chi connectivity index (χ4n) is 4.51. The Kier molecular flexibility index (Phi) is 6.30. The number of allylic oxidation sites excluding steroid dienone is 2. The predicted molar refractivity (Wildman–Crippen MR) is 135 cm³/mol. The summed E-state index contributed by atoms with van der Waals surface area (Å²) in [7, 11) is 0. The second-order valence-electron chi connectivity index (χ2n) is 9.35. The lowest BCUT2D eigenvalue weighted by Crippen LogP contribution is -2.36. The Morgan fingerprint density at radius 2 is 2.00 bits per heavy atom. The van der Waals surface area contributed by atoms with E-state index in [9.17, 15) is 0 Å². The summed E-state index contributed by atoms with van der Waals surface area (Å²) in [4.78, 5) is 9.54. The smallest absolute Gasteiger partial charge is 0.196 e. The molecule has 31 heavy (non-hydrogen) atoms. The predicted octanol–water partition coefficient (Wildman–Crippen LogP) is 6.12. The van der Waals surface area contributed by atoms with E-state index in [-0.39, 0.29) is 7.47 Å². The molecule has 3 N–H and O–H groups in total. The van der Waals surface area contributed by atoms with Gasteiger partial charge in [-0.25, -0.2) is 4.98 Å². The first-order chi connectivity index (χ1) is 14.9. The summed E-state index contributed by atoms with van der Waals surface area (Å²) in [6.45, 7) is 10.7. The first-order valence-electron chi connectivity index (χ1n) is 11.6. The molecule has 2 aliphatic rings. The molecule has 0 aliphatic heterocycles. The van der Waals surface area contributed by atoms with Crippen molar-refractivity contribution in [1.29, 1.82) is 0 Å². The molecule has 0 bridgehead atoms. The highest BCUT2D eigenvalue weighted by molar-refractivity contribution is 5.96. The zero-order valence-corrected chi connectivity index (χ0v) is 19.4. The summed E-state index contributed by atoms with van der Waals surface area (Å²) in [6, 6.07) is 11.4. The molecule has 0 spiro atoms. The molecule has 0 saturated heterocycles. The number of guanidine groups is 1. The number of aliphatic imine (C=N–C) groups is 1. The van der Waals surface area contributed by atoms with E-state index >= 15 is 0 Å². The molecule has 1 aromatic carbocycles. The minimum absolute atomic E-state index is 0. The maximum Gasteiger partial charge on any atom is 0.196 e. The highest BCUT2D eigenvalue weighted by atomic mass is 15.2. The summed E-state index contributed by atoms with van der Waals surface area (Å²) in [6.07, 6.45) is 8.16. The summed E-state index contributed by atoms with van der Waals surface area (Å²) in [5, 5.41) is 11.6. The van der Waals surface area contributed by atoms with Crippen molar-refractivity contribution in [2.75, 3.05) is 10.6 Å². The van der Waals surface area contributed by atoms with Crippen molar-refractivity contribution in [2.24, 2.45) is 10.9 Å². The van der Waals surface area contributed by atoms with Crippen molar-refractivity contribution >= 4 is 28.4 Å². The van der Waals surface area contributed by atoms with Gasteiger partial charge in [-0.05, 0) is 88.8 Å². The minimum Gasteiger partial charge on any atom is -0.363 e. The Labute approximate surface area is 187 Å².